The van der Waals surface area contributed by atoms with Gasteiger partial charge in [0, 0.05) is 12.7 Å². The maximum atomic E-state index is 5.76. The SMILES string of the molecule is Nc1ncccc1NCc1ccc2c(c1)OCO2. The standard InChI is InChI=1S/C13H13N3O2/c14-13-10(2-1-5-15-13)16-7-9-3-4-11-12(6-9)18-8-17-11/h1-6,16H,7-8H2,(H2,14,15). The summed E-state index contributed by atoms with van der Waals surface area (Å²) < 4.78 is 10.6. The minimum Gasteiger partial charge on any atom is -0.454 e. The number of ether oxygens (including phenoxy) is 2. The number of fused-ring (bicyclic) bond motifs is 1. The van der Waals surface area contributed by atoms with Gasteiger partial charge in [0.2, 0.25) is 6.79 Å². The third-order valence-corrected chi connectivity index (χ3v) is 2.76. The molecule has 0 fully saturated rings. The summed E-state index contributed by atoms with van der Waals surface area (Å²) in [6.07, 6.45) is 1.67. The van der Waals surface area contributed by atoms with Gasteiger partial charge in [0.25, 0.3) is 0 Å². The highest BCUT2D eigenvalue weighted by Gasteiger charge is 2.12. The van der Waals surface area contributed by atoms with Gasteiger partial charge in [-0.25, -0.2) is 4.98 Å². The van der Waals surface area contributed by atoms with Crippen LogP contribution < -0.4 is 20.5 Å². The lowest BCUT2D eigenvalue weighted by Gasteiger charge is -2.08. The Morgan fingerprint density at radius 1 is 1.22 bits per heavy atom. The van der Waals surface area contributed by atoms with Crippen molar-refractivity contribution in [3.05, 3.63) is 42.1 Å². The smallest absolute Gasteiger partial charge is 0.231 e. The molecule has 1 aromatic carbocycles. The van der Waals surface area contributed by atoms with Gasteiger partial charge < -0.3 is 20.5 Å². The molecular formula is C13H13N3O2. The highest BCUT2D eigenvalue weighted by atomic mass is 16.7. The maximum Gasteiger partial charge on any atom is 0.231 e. The molecule has 18 heavy (non-hydrogen) atoms. The summed E-state index contributed by atoms with van der Waals surface area (Å²) >= 11 is 0. The second kappa shape index (κ2) is 4.44. The first-order valence-corrected chi connectivity index (χ1v) is 5.66. The summed E-state index contributed by atoms with van der Waals surface area (Å²) in [4.78, 5) is 4.02. The predicted molar refractivity (Wildman–Crippen MR) is 68.5 cm³/mol. The number of nitrogens with two attached hydrogens (primary N) is 1. The molecule has 0 unspecified atom stereocenters. The molecule has 2 heterocycles. The molecule has 0 saturated heterocycles. The maximum absolute atomic E-state index is 5.76. The lowest BCUT2D eigenvalue weighted by atomic mass is 10.2. The van der Waals surface area contributed by atoms with Crippen LogP contribution in [0.5, 0.6) is 11.5 Å². The number of pyridine rings is 1. The van der Waals surface area contributed by atoms with E-state index in [1.807, 2.05) is 30.3 Å². The third-order valence-electron chi connectivity index (χ3n) is 2.76. The van der Waals surface area contributed by atoms with Gasteiger partial charge in [0.15, 0.2) is 11.5 Å². The highest BCUT2D eigenvalue weighted by molar-refractivity contribution is 5.61. The van der Waals surface area contributed by atoms with Crippen LogP contribution in [0.25, 0.3) is 0 Å². The van der Waals surface area contributed by atoms with Crippen LogP contribution in [0, 0.1) is 0 Å². The topological polar surface area (TPSA) is 69.4 Å². The van der Waals surface area contributed by atoms with Crippen molar-refractivity contribution in [2.24, 2.45) is 0 Å². The van der Waals surface area contributed by atoms with E-state index in [9.17, 15) is 0 Å². The van der Waals surface area contributed by atoms with Gasteiger partial charge in [-0.15, -0.1) is 0 Å². The van der Waals surface area contributed by atoms with Crippen molar-refractivity contribution < 1.29 is 9.47 Å². The summed E-state index contributed by atoms with van der Waals surface area (Å²) in [7, 11) is 0. The first-order chi connectivity index (χ1) is 8.83. The molecule has 0 bridgehead atoms. The molecule has 2 aromatic rings. The van der Waals surface area contributed by atoms with Crippen molar-refractivity contribution in [3.8, 4) is 11.5 Å². The summed E-state index contributed by atoms with van der Waals surface area (Å²) in [5, 5.41) is 3.24. The molecule has 0 amide bonds. The summed E-state index contributed by atoms with van der Waals surface area (Å²) in [5.74, 6) is 2.08. The molecule has 0 spiro atoms. The molecule has 3 rings (SSSR count). The van der Waals surface area contributed by atoms with Crippen LogP contribution in [-0.2, 0) is 6.54 Å². The Hall–Kier alpha value is -2.43. The second-order valence-corrected chi connectivity index (χ2v) is 3.98. The largest absolute Gasteiger partial charge is 0.454 e. The average molecular weight is 243 g/mol. The zero-order valence-electron chi connectivity index (χ0n) is 9.72. The molecule has 1 aliphatic heterocycles. The number of anilines is 2. The van der Waals surface area contributed by atoms with E-state index in [4.69, 9.17) is 15.2 Å². The first-order valence-electron chi connectivity index (χ1n) is 5.66. The highest BCUT2D eigenvalue weighted by Crippen LogP contribution is 2.32. The van der Waals surface area contributed by atoms with E-state index in [1.165, 1.54) is 0 Å². The normalized spacial score (nSPS) is 12.4. The van der Waals surface area contributed by atoms with E-state index in [0.29, 0.717) is 19.2 Å². The van der Waals surface area contributed by atoms with Crippen molar-refractivity contribution in [1.29, 1.82) is 0 Å². The molecule has 3 N–H and O–H groups in total. The van der Waals surface area contributed by atoms with Crippen LogP contribution in [0.15, 0.2) is 36.5 Å². The monoisotopic (exact) mass is 243 g/mol. The van der Waals surface area contributed by atoms with Gasteiger partial charge in [-0.1, -0.05) is 6.07 Å². The van der Waals surface area contributed by atoms with E-state index in [1.54, 1.807) is 6.20 Å². The van der Waals surface area contributed by atoms with E-state index >= 15 is 0 Å². The van der Waals surface area contributed by atoms with Crippen LogP contribution >= 0.6 is 0 Å². The zero-order valence-corrected chi connectivity index (χ0v) is 9.72. The van der Waals surface area contributed by atoms with E-state index < -0.39 is 0 Å². The minimum absolute atomic E-state index is 0.293. The van der Waals surface area contributed by atoms with Crippen LogP contribution in [-0.4, -0.2) is 11.8 Å². The van der Waals surface area contributed by atoms with Gasteiger partial charge in [-0.2, -0.15) is 0 Å². The van der Waals surface area contributed by atoms with Crippen LogP contribution in [0.1, 0.15) is 5.56 Å². The first kappa shape index (κ1) is 10.7. The number of hydrogen-bond donors (Lipinski definition) is 2. The van der Waals surface area contributed by atoms with E-state index in [2.05, 4.69) is 10.3 Å². The Balaban J connectivity index is 1.72. The van der Waals surface area contributed by atoms with E-state index in [0.717, 1.165) is 22.7 Å². The van der Waals surface area contributed by atoms with Gasteiger partial charge >= 0.3 is 0 Å². The summed E-state index contributed by atoms with van der Waals surface area (Å²) in [6, 6.07) is 9.61. The van der Waals surface area contributed by atoms with Gasteiger partial charge in [0.05, 0.1) is 5.69 Å². The van der Waals surface area contributed by atoms with Crippen molar-refractivity contribution >= 4 is 11.5 Å². The third kappa shape index (κ3) is 2.02. The lowest BCUT2D eigenvalue weighted by molar-refractivity contribution is 0.174. The Morgan fingerprint density at radius 3 is 3.00 bits per heavy atom. The van der Waals surface area contributed by atoms with Crippen LogP contribution in [0.2, 0.25) is 0 Å². The quantitative estimate of drug-likeness (QED) is 0.863. The second-order valence-electron chi connectivity index (χ2n) is 3.98. The van der Waals surface area contributed by atoms with Gasteiger partial charge in [0.1, 0.15) is 5.82 Å². The van der Waals surface area contributed by atoms with Crippen LogP contribution in [0.3, 0.4) is 0 Å². The Kier molecular flexibility index (Phi) is 2.64. The number of nitrogen functional groups attached to an aromatic ring is 1. The number of aromatic nitrogens is 1. The molecule has 5 nitrogen and oxygen atoms in total. The van der Waals surface area contributed by atoms with E-state index in [-0.39, 0.29) is 0 Å². The lowest BCUT2D eigenvalue weighted by Crippen LogP contribution is -2.03. The fourth-order valence-electron chi connectivity index (χ4n) is 1.82. The summed E-state index contributed by atoms with van der Waals surface area (Å²) in [6.45, 7) is 0.953. The molecule has 1 aliphatic rings. The number of nitrogens with one attached hydrogen (secondary N) is 1. The predicted octanol–water partition coefficient (Wildman–Crippen LogP) is 2.00. The molecule has 1 aromatic heterocycles. The molecule has 0 radical (unpaired) electrons. The molecule has 5 heteroatoms. The average Bonchev–Trinajstić information content (AvgIpc) is 2.85. The fourth-order valence-corrected chi connectivity index (χ4v) is 1.82. The number of nitrogens with zero attached hydrogens (tertiary/aromatic N) is 1. The number of hydrogen-bond acceptors (Lipinski definition) is 5. The number of rotatable bonds is 3. The Morgan fingerprint density at radius 2 is 2.11 bits per heavy atom. The van der Waals surface area contributed by atoms with Crippen molar-refractivity contribution in [2.75, 3.05) is 17.8 Å². The molecule has 0 atom stereocenters. The Labute approximate surface area is 105 Å². The molecule has 0 saturated carbocycles. The molecular weight excluding hydrogens is 230 g/mol. The zero-order chi connectivity index (χ0) is 12.4. The fraction of sp³-hybridized carbons (Fsp3) is 0.154. The van der Waals surface area contributed by atoms with Crippen molar-refractivity contribution in [1.82, 2.24) is 4.98 Å². The number of benzene rings is 1. The van der Waals surface area contributed by atoms with Crippen molar-refractivity contribution in [2.45, 2.75) is 6.54 Å². The van der Waals surface area contributed by atoms with Crippen molar-refractivity contribution in [3.63, 3.8) is 0 Å². The van der Waals surface area contributed by atoms with Crippen LogP contribution in [0.4, 0.5) is 11.5 Å². The van der Waals surface area contributed by atoms with Gasteiger partial charge in [-0.3, -0.25) is 0 Å². The molecule has 92 valence electrons. The Bertz CT molecular complexity index is 572. The summed E-state index contributed by atoms with van der Waals surface area (Å²) in [5.41, 5.74) is 7.68. The van der Waals surface area contributed by atoms with Gasteiger partial charge in [-0.05, 0) is 29.8 Å². The minimum atomic E-state index is 0.293. The molecule has 0 aliphatic carbocycles.